The second-order valence-corrected chi connectivity index (χ2v) is 7.54. The molecule has 0 heterocycles. The number of carbonyl (C=O) groups excluding carboxylic acids is 2. The van der Waals surface area contributed by atoms with Gasteiger partial charge in [0.25, 0.3) is 0 Å². The molecule has 126 valence electrons. The number of anilines is 1. The minimum atomic E-state index is -0.833. The molecule has 0 saturated heterocycles. The van der Waals surface area contributed by atoms with E-state index in [-0.39, 0.29) is 28.9 Å². The number of benzene rings is 1. The molecule has 0 aliphatic heterocycles. The monoisotopic (exact) mass is 327 g/mol. The van der Waals surface area contributed by atoms with E-state index in [1.807, 2.05) is 0 Å². The summed E-state index contributed by atoms with van der Waals surface area (Å²) in [4.78, 5) is 35.9. The lowest BCUT2D eigenvalue weighted by molar-refractivity contribution is -0.148. The van der Waals surface area contributed by atoms with Crippen molar-refractivity contribution in [1.82, 2.24) is 0 Å². The average Bonchev–Trinajstić information content (AvgIpc) is 3.21. The van der Waals surface area contributed by atoms with Crippen molar-refractivity contribution in [2.75, 3.05) is 5.32 Å². The molecule has 2 N–H and O–H groups in total. The van der Waals surface area contributed by atoms with Gasteiger partial charge in [-0.1, -0.05) is 0 Å². The molecule has 0 aromatic heterocycles. The van der Waals surface area contributed by atoms with E-state index in [4.69, 9.17) is 0 Å². The molecule has 3 fully saturated rings. The van der Waals surface area contributed by atoms with Gasteiger partial charge in [0.1, 0.15) is 0 Å². The zero-order valence-corrected chi connectivity index (χ0v) is 13.6. The number of rotatable bonds is 4. The van der Waals surface area contributed by atoms with Crippen molar-refractivity contribution in [3.63, 3.8) is 0 Å². The van der Waals surface area contributed by atoms with Crippen LogP contribution in [-0.2, 0) is 9.59 Å². The Morgan fingerprint density at radius 1 is 1.04 bits per heavy atom. The van der Waals surface area contributed by atoms with Crippen molar-refractivity contribution in [1.29, 1.82) is 0 Å². The smallest absolute Gasteiger partial charge is 0.307 e. The van der Waals surface area contributed by atoms with Gasteiger partial charge in [0.2, 0.25) is 5.91 Å². The highest BCUT2D eigenvalue weighted by atomic mass is 16.4. The molecular weight excluding hydrogens is 306 g/mol. The van der Waals surface area contributed by atoms with E-state index in [2.05, 4.69) is 5.32 Å². The number of Topliss-reactive ketones (excluding diaryl/α,β-unsaturated/α-hetero) is 1. The molecule has 2 bridgehead atoms. The van der Waals surface area contributed by atoms with Gasteiger partial charge >= 0.3 is 5.97 Å². The van der Waals surface area contributed by atoms with E-state index in [0.29, 0.717) is 11.3 Å². The second kappa shape index (κ2) is 5.16. The summed E-state index contributed by atoms with van der Waals surface area (Å²) in [5, 5.41) is 12.5. The summed E-state index contributed by atoms with van der Waals surface area (Å²) in [6, 6.07) is 6.75. The van der Waals surface area contributed by atoms with E-state index in [9.17, 15) is 19.5 Å². The third-order valence-corrected chi connectivity index (χ3v) is 6.49. The minimum Gasteiger partial charge on any atom is -0.481 e. The van der Waals surface area contributed by atoms with Crippen LogP contribution in [0.4, 0.5) is 5.69 Å². The van der Waals surface area contributed by atoms with Crippen LogP contribution in [0.15, 0.2) is 24.3 Å². The molecule has 0 radical (unpaired) electrons. The molecule has 1 amide bonds. The summed E-state index contributed by atoms with van der Waals surface area (Å²) < 4.78 is 0. The Kier molecular flexibility index (Phi) is 3.31. The summed E-state index contributed by atoms with van der Waals surface area (Å²) in [6.07, 6.45) is 4.06. The van der Waals surface area contributed by atoms with Crippen molar-refractivity contribution in [3.8, 4) is 0 Å². The van der Waals surface area contributed by atoms with Crippen molar-refractivity contribution in [3.05, 3.63) is 29.8 Å². The first-order valence-electron chi connectivity index (χ1n) is 8.59. The van der Waals surface area contributed by atoms with Crippen LogP contribution in [0.5, 0.6) is 0 Å². The first-order chi connectivity index (χ1) is 11.4. The molecule has 3 saturated carbocycles. The third kappa shape index (κ3) is 2.10. The van der Waals surface area contributed by atoms with Crippen molar-refractivity contribution < 1.29 is 19.5 Å². The molecule has 3 aliphatic carbocycles. The van der Waals surface area contributed by atoms with Gasteiger partial charge < -0.3 is 10.4 Å². The summed E-state index contributed by atoms with van der Waals surface area (Å²) >= 11 is 0. The van der Waals surface area contributed by atoms with Gasteiger partial charge in [0, 0.05) is 11.3 Å². The number of carbonyl (C=O) groups is 3. The average molecular weight is 327 g/mol. The summed E-state index contributed by atoms with van der Waals surface area (Å²) in [5.74, 6) is -1.66. The number of amides is 1. The van der Waals surface area contributed by atoms with E-state index in [1.54, 1.807) is 24.3 Å². The van der Waals surface area contributed by atoms with Gasteiger partial charge in [-0.05, 0) is 74.1 Å². The highest BCUT2D eigenvalue weighted by molar-refractivity contribution is 5.98. The quantitative estimate of drug-likeness (QED) is 0.833. The van der Waals surface area contributed by atoms with Gasteiger partial charge in [-0.3, -0.25) is 14.4 Å². The maximum absolute atomic E-state index is 12.8. The van der Waals surface area contributed by atoms with Gasteiger partial charge in [0.15, 0.2) is 5.78 Å². The molecule has 1 aromatic rings. The van der Waals surface area contributed by atoms with Gasteiger partial charge in [0.05, 0.1) is 11.8 Å². The fourth-order valence-electron chi connectivity index (χ4n) is 5.36. The molecule has 1 spiro atoms. The van der Waals surface area contributed by atoms with Crippen LogP contribution in [0.2, 0.25) is 0 Å². The van der Waals surface area contributed by atoms with Crippen LogP contribution in [0.3, 0.4) is 0 Å². The second-order valence-electron chi connectivity index (χ2n) is 7.54. The Labute approximate surface area is 140 Å². The lowest BCUT2D eigenvalue weighted by atomic mass is 9.78. The number of nitrogens with one attached hydrogen (secondary N) is 1. The van der Waals surface area contributed by atoms with Crippen LogP contribution in [0, 0.1) is 29.1 Å². The fourth-order valence-corrected chi connectivity index (χ4v) is 5.36. The minimum absolute atomic E-state index is 0.0254. The topological polar surface area (TPSA) is 83.5 Å². The van der Waals surface area contributed by atoms with Gasteiger partial charge in [-0.2, -0.15) is 0 Å². The van der Waals surface area contributed by atoms with E-state index in [0.717, 1.165) is 25.7 Å². The summed E-state index contributed by atoms with van der Waals surface area (Å²) in [5.41, 5.74) is 1.33. The van der Waals surface area contributed by atoms with E-state index < -0.39 is 17.8 Å². The van der Waals surface area contributed by atoms with E-state index >= 15 is 0 Å². The molecule has 0 unspecified atom stereocenters. The molecule has 24 heavy (non-hydrogen) atoms. The molecular formula is C19H21NO4. The first-order valence-corrected chi connectivity index (χ1v) is 8.59. The van der Waals surface area contributed by atoms with Crippen molar-refractivity contribution in [2.24, 2.45) is 29.1 Å². The third-order valence-electron chi connectivity index (χ3n) is 6.49. The standard InChI is InChI=1S/C19H21NO4/c1-10(21)11-2-4-12(5-3-11)20-17(22)15-13-6-7-14(16(15)18(23)24)19(13)8-9-19/h2-5,13-16H,6-9H2,1H3,(H,20,22)(H,23,24)/t13-,14+,15+,16-/m0/s1. The Balaban J connectivity index is 1.55. The molecule has 3 aliphatic rings. The Bertz CT molecular complexity index is 719. The van der Waals surface area contributed by atoms with Crippen LogP contribution in [-0.4, -0.2) is 22.8 Å². The summed E-state index contributed by atoms with van der Waals surface area (Å²) in [7, 11) is 0. The van der Waals surface area contributed by atoms with Crippen LogP contribution in [0.1, 0.15) is 43.0 Å². The molecule has 5 heteroatoms. The highest BCUT2D eigenvalue weighted by Gasteiger charge is 2.71. The Hall–Kier alpha value is -2.17. The first kappa shape index (κ1) is 15.4. The highest BCUT2D eigenvalue weighted by Crippen LogP contribution is 2.74. The number of aliphatic carboxylic acids is 1. The SMILES string of the molecule is CC(=O)c1ccc(NC(=O)[C@H]2[C@@H](C(=O)O)[C@H]3CC[C@@H]2C32CC2)cc1. The number of carboxylic acids is 1. The zero-order chi connectivity index (χ0) is 17.1. The maximum atomic E-state index is 12.8. The largest absolute Gasteiger partial charge is 0.481 e. The zero-order valence-electron chi connectivity index (χ0n) is 13.6. The lowest BCUT2D eigenvalue weighted by Crippen LogP contribution is -2.37. The fraction of sp³-hybridized carbons (Fsp3) is 0.526. The van der Waals surface area contributed by atoms with Crippen molar-refractivity contribution >= 4 is 23.3 Å². The van der Waals surface area contributed by atoms with Crippen LogP contribution >= 0.6 is 0 Å². The number of hydrogen-bond acceptors (Lipinski definition) is 3. The predicted molar refractivity (Wildman–Crippen MR) is 87.6 cm³/mol. The predicted octanol–water partition coefficient (Wildman–Crippen LogP) is 2.96. The summed E-state index contributed by atoms with van der Waals surface area (Å²) in [6.45, 7) is 1.50. The van der Waals surface area contributed by atoms with Gasteiger partial charge in [-0.15, -0.1) is 0 Å². The Morgan fingerprint density at radius 2 is 1.62 bits per heavy atom. The van der Waals surface area contributed by atoms with Crippen LogP contribution in [0.25, 0.3) is 0 Å². The van der Waals surface area contributed by atoms with Crippen LogP contribution < -0.4 is 5.32 Å². The molecule has 5 nitrogen and oxygen atoms in total. The molecule has 1 aromatic carbocycles. The lowest BCUT2D eigenvalue weighted by Gasteiger charge is -2.26. The number of carboxylic acid groups (broad SMARTS) is 1. The number of ketones is 1. The molecule has 4 rings (SSSR count). The number of hydrogen-bond donors (Lipinski definition) is 2. The maximum Gasteiger partial charge on any atom is 0.307 e. The van der Waals surface area contributed by atoms with Crippen molar-refractivity contribution in [2.45, 2.75) is 32.6 Å². The molecule has 4 atom stereocenters. The Morgan fingerprint density at radius 3 is 2.12 bits per heavy atom. The normalized spacial score (nSPS) is 31.9. The van der Waals surface area contributed by atoms with E-state index in [1.165, 1.54) is 6.92 Å². The van der Waals surface area contributed by atoms with Gasteiger partial charge in [-0.25, -0.2) is 0 Å².